The molecule has 0 spiro atoms. The topological polar surface area (TPSA) is 12.0 Å². The van der Waals surface area contributed by atoms with E-state index in [4.69, 9.17) is 0 Å². The zero-order chi connectivity index (χ0) is 6.81. The van der Waals surface area contributed by atoms with Gasteiger partial charge in [-0.2, -0.15) is 0 Å². The summed E-state index contributed by atoms with van der Waals surface area (Å²) in [6.45, 7) is 0. The van der Waals surface area contributed by atoms with Crippen molar-refractivity contribution >= 4 is 18.0 Å². The van der Waals surface area contributed by atoms with Gasteiger partial charge in [0.25, 0.3) is 0 Å². The highest BCUT2D eigenvalue weighted by molar-refractivity contribution is 7.97. The van der Waals surface area contributed by atoms with Crippen molar-refractivity contribution in [2.45, 2.75) is 4.90 Å². The van der Waals surface area contributed by atoms with E-state index in [1.54, 1.807) is 11.9 Å². The number of rotatable bonds is 0. The van der Waals surface area contributed by atoms with Crippen LogP contribution in [0.1, 0.15) is 5.56 Å². The summed E-state index contributed by atoms with van der Waals surface area (Å²) >= 11 is 1.65. The number of nitrogens with one attached hydrogen (secondary N) is 1. The monoisotopic (exact) mass is 149 g/mol. The Morgan fingerprint density at radius 1 is 1.20 bits per heavy atom. The predicted molar refractivity (Wildman–Crippen MR) is 44.5 cm³/mol. The predicted octanol–water partition coefficient (Wildman–Crippen LogP) is 2.27. The Kier molecular flexibility index (Phi) is 1.40. The van der Waals surface area contributed by atoms with Gasteiger partial charge in [-0.1, -0.05) is 18.2 Å². The van der Waals surface area contributed by atoms with E-state index in [2.05, 4.69) is 29.0 Å². The van der Waals surface area contributed by atoms with Crippen LogP contribution in [0.3, 0.4) is 0 Å². The number of hydrogen-bond donors (Lipinski definition) is 1. The van der Waals surface area contributed by atoms with Crippen molar-refractivity contribution < 1.29 is 0 Å². The fourth-order valence-corrected chi connectivity index (χ4v) is 1.60. The number of benzene rings is 1. The minimum absolute atomic E-state index is 1.30. The van der Waals surface area contributed by atoms with Crippen LogP contribution in [0.4, 0.5) is 0 Å². The molecular weight excluding hydrogens is 142 g/mol. The fraction of sp³-hybridized carbons (Fsp3) is 0. The van der Waals surface area contributed by atoms with Gasteiger partial charge in [0.1, 0.15) is 0 Å². The maximum Gasteiger partial charge on any atom is 0.0357 e. The van der Waals surface area contributed by atoms with Gasteiger partial charge in [-0.3, -0.25) is 0 Å². The van der Waals surface area contributed by atoms with E-state index in [0.29, 0.717) is 0 Å². The van der Waals surface area contributed by atoms with Gasteiger partial charge in [0.2, 0.25) is 0 Å². The first-order chi connectivity index (χ1) is 4.97. The summed E-state index contributed by atoms with van der Waals surface area (Å²) < 4.78 is 3.08. The van der Waals surface area contributed by atoms with Gasteiger partial charge in [0.05, 0.1) is 0 Å². The molecule has 10 heavy (non-hydrogen) atoms. The lowest BCUT2D eigenvalue weighted by atomic mass is 10.2. The summed E-state index contributed by atoms with van der Waals surface area (Å²) in [7, 11) is 0. The van der Waals surface area contributed by atoms with Crippen molar-refractivity contribution in [2.24, 2.45) is 0 Å². The molecule has 2 heteroatoms. The van der Waals surface area contributed by atoms with Gasteiger partial charge in [-0.05, 0) is 29.7 Å². The van der Waals surface area contributed by atoms with Crippen LogP contribution in [0.5, 0.6) is 0 Å². The van der Waals surface area contributed by atoms with Crippen molar-refractivity contribution in [1.29, 1.82) is 0 Å². The number of fused-ring (bicyclic) bond motifs is 1. The van der Waals surface area contributed by atoms with Crippen LogP contribution in [0, 0.1) is 0 Å². The number of hydrogen-bond acceptors (Lipinski definition) is 2. The smallest absolute Gasteiger partial charge is 0.0357 e. The molecule has 0 saturated carbocycles. The van der Waals surface area contributed by atoms with Crippen LogP contribution < -0.4 is 4.72 Å². The molecule has 1 aliphatic heterocycles. The summed E-state index contributed by atoms with van der Waals surface area (Å²) in [6.07, 6.45) is 4.03. The Morgan fingerprint density at radius 2 is 2.10 bits per heavy atom. The van der Waals surface area contributed by atoms with Gasteiger partial charge in [-0.25, -0.2) is 0 Å². The van der Waals surface area contributed by atoms with Crippen molar-refractivity contribution in [2.75, 3.05) is 0 Å². The summed E-state index contributed by atoms with van der Waals surface area (Å²) in [6, 6.07) is 8.32. The first-order valence-electron chi connectivity index (χ1n) is 3.15. The van der Waals surface area contributed by atoms with Crippen LogP contribution in [-0.4, -0.2) is 0 Å². The second-order valence-corrected chi connectivity index (χ2v) is 2.97. The minimum atomic E-state index is 1.30. The molecule has 0 aromatic heterocycles. The van der Waals surface area contributed by atoms with Crippen LogP contribution in [0.25, 0.3) is 6.08 Å². The molecule has 0 amide bonds. The molecule has 50 valence electrons. The van der Waals surface area contributed by atoms with E-state index >= 15 is 0 Å². The standard InChI is InChI=1S/C8H7NS/c1-2-4-8-7(3-1)5-6-9-10-8/h1-6,9H. The molecule has 0 bridgehead atoms. The molecule has 0 saturated heterocycles. The second kappa shape index (κ2) is 2.39. The van der Waals surface area contributed by atoms with Gasteiger partial charge in [0.15, 0.2) is 0 Å². The van der Waals surface area contributed by atoms with Crippen LogP contribution in [0.2, 0.25) is 0 Å². The maximum atomic E-state index is 3.08. The molecule has 0 fully saturated rings. The summed E-state index contributed by atoms with van der Waals surface area (Å²) in [5, 5.41) is 0. The van der Waals surface area contributed by atoms with Crippen LogP contribution in [-0.2, 0) is 0 Å². The van der Waals surface area contributed by atoms with Gasteiger partial charge in [0, 0.05) is 11.1 Å². The van der Waals surface area contributed by atoms with E-state index in [0.717, 1.165) is 0 Å². The highest BCUT2D eigenvalue weighted by atomic mass is 32.2. The second-order valence-electron chi connectivity index (χ2n) is 2.09. The third-order valence-corrected chi connectivity index (χ3v) is 2.26. The molecule has 1 aromatic rings. The Hall–Kier alpha value is -0.890. The van der Waals surface area contributed by atoms with Crippen molar-refractivity contribution in [3.8, 4) is 0 Å². The molecule has 1 nitrogen and oxygen atoms in total. The lowest BCUT2D eigenvalue weighted by Gasteiger charge is -2.08. The molecule has 0 aliphatic carbocycles. The van der Waals surface area contributed by atoms with E-state index in [1.807, 2.05) is 12.3 Å². The molecule has 0 unspecified atom stereocenters. The summed E-state index contributed by atoms with van der Waals surface area (Å²) in [4.78, 5) is 1.30. The maximum absolute atomic E-state index is 3.08. The Morgan fingerprint density at radius 3 is 3.00 bits per heavy atom. The van der Waals surface area contributed by atoms with Crippen LogP contribution in [0.15, 0.2) is 35.4 Å². The molecule has 0 atom stereocenters. The average Bonchev–Trinajstić information content (AvgIpc) is 2.05. The van der Waals surface area contributed by atoms with E-state index in [-0.39, 0.29) is 0 Å². The molecule has 1 aliphatic rings. The SMILES string of the molecule is C1=Cc2ccccc2SN1. The molecule has 2 rings (SSSR count). The Bertz CT molecular complexity index is 268. The quantitative estimate of drug-likeness (QED) is 0.568. The zero-order valence-electron chi connectivity index (χ0n) is 5.37. The molecule has 0 radical (unpaired) electrons. The normalized spacial score (nSPS) is 14.0. The highest BCUT2D eigenvalue weighted by Crippen LogP contribution is 2.23. The van der Waals surface area contributed by atoms with E-state index in [9.17, 15) is 0 Å². The first-order valence-corrected chi connectivity index (χ1v) is 3.96. The third-order valence-electron chi connectivity index (χ3n) is 1.42. The van der Waals surface area contributed by atoms with Crippen LogP contribution >= 0.6 is 11.9 Å². The van der Waals surface area contributed by atoms with Gasteiger partial charge >= 0.3 is 0 Å². The lowest BCUT2D eigenvalue weighted by molar-refractivity contribution is 1.32. The average molecular weight is 149 g/mol. The molecule has 1 heterocycles. The Balaban J connectivity index is 2.54. The summed E-state index contributed by atoms with van der Waals surface area (Å²) in [5.41, 5.74) is 1.30. The van der Waals surface area contributed by atoms with E-state index < -0.39 is 0 Å². The Labute approximate surface area is 64.3 Å². The third kappa shape index (κ3) is 0.907. The molecular formula is C8H7NS. The minimum Gasteiger partial charge on any atom is -0.332 e. The van der Waals surface area contributed by atoms with Gasteiger partial charge < -0.3 is 4.72 Å². The van der Waals surface area contributed by atoms with Crippen molar-refractivity contribution in [3.05, 3.63) is 36.0 Å². The van der Waals surface area contributed by atoms with Crippen molar-refractivity contribution in [1.82, 2.24) is 4.72 Å². The lowest BCUT2D eigenvalue weighted by Crippen LogP contribution is -1.96. The largest absolute Gasteiger partial charge is 0.332 e. The molecule has 1 N–H and O–H groups in total. The zero-order valence-corrected chi connectivity index (χ0v) is 6.19. The fourth-order valence-electron chi connectivity index (χ4n) is 0.932. The highest BCUT2D eigenvalue weighted by Gasteiger charge is 2.00. The van der Waals surface area contributed by atoms with Gasteiger partial charge in [-0.15, -0.1) is 0 Å². The summed E-state index contributed by atoms with van der Waals surface area (Å²) in [5.74, 6) is 0. The first kappa shape index (κ1) is 5.86. The van der Waals surface area contributed by atoms with Crippen molar-refractivity contribution in [3.63, 3.8) is 0 Å². The van der Waals surface area contributed by atoms with E-state index in [1.165, 1.54) is 10.5 Å². The molecule has 1 aromatic carbocycles.